The lowest BCUT2D eigenvalue weighted by molar-refractivity contribution is -0.186. The zero-order valence-electron chi connectivity index (χ0n) is 17.6. The minimum absolute atomic E-state index is 0.124. The van der Waals surface area contributed by atoms with E-state index in [9.17, 15) is 15.0 Å². The highest BCUT2D eigenvalue weighted by atomic mass is 16.5. The van der Waals surface area contributed by atoms with E-state index < -0.39 is 11.0 Å². The number of furan rings is 1. The molecule has 2 fully saturated rings. The minimum atomic E-state index is -0.855. The molecule has 2 heterocycles. The number of aliphatic hydroxyl groups is 1. The summed E-state index contributed by atoms with van der Waals surface area (Å²) in [5.74, 6) is 1.32. The van der Waals surface area contributed by atoms with Crippen molar-refractivity contribution in [2.75, 3.05) is 7.05 Å². The van der Waals surface area contributed by atoms with E-state index in [4.69, 9.17) is 9.15 Å². The highest BCUT2D eigenvalue weighted by molar-refractivity contribution is 5.91. The fraction of sp³-hybridized carbons (Fsp3) is 0.480. The average molecular weight is 421 g/mol. The summed E-state index contributed by atoms with van der Waals surface area (Å²) in [6.07, 6.45) is 9.35. The van der Waals surface area contributed by atoms with Gasteiger partial charge in [0.15, 0.2) is 11.5 Å². The van der Waals surface area contributed by atoms with Gasteiger partial charge in [0.05, 0.1) is 23.3 Å². The fourth-order valence-corrected chi connectivity index (χ4v) is 7.04. The van der Waals surface area contributed by atoms with E-state index in [2.05, 4.69) is 0 Å². The van der Waals surface area contributed by atoms with Crippen molar-refractivity contribution in [2.45, 2.75) is 61.7 Å². The van der Waals surface area contributed by atoms with Crippen molar-refractivity contribution in [1.82, 2.24) is 4.90 Å². The molecular weight excluding hydrogens is 394 g/mol. The van der Waals surface area contributed by atoms with Gasteiger partial charge in [0.1, 0.15) is 11.9 Å². The van der Waals surface area contributed by atoms with Gasteiger partial charge in [-0.1, -0.05) is 12.5 Å². The first-order chi connectivity index (χ1) is 15.0. The molecule has 1 aromatic carbocycles. The number of benzene rings is 1. The van der Waals surface area contributed by atoms with Gasteiger partial charge in [-0.25, -0.2) is 0 Å². The summed E-state index contributed by atoms with van der Waals surface area (Å²) in [7, 11) is 1.80. The summed E-state index contributed by atoms with van der Waals surface area (Å²) < 4.78 is 11.8. The summed E-state index contributed by atoms with van der Waals surface area (Å²) >= 11 is 0. The van der Waals surface area contributed by atoms with Crippen LogP contribution in [0.5, 0.6) is 11.5 Å². The molecule has 162 valence electrons. The number of carbonyl (C=O) groups excluding carboxylic acids is 1. The summed E-state index contributed by atoms with van der Waals surface area (Å²) in [6, 6.07) is 7.09. The number of carbonyl (C=O) groups is 1. The molecule has 2 aromatic rings. The molecule has 1 aromatic heterocycles. The first-order valence-electron chi connectivity index (χ1n) is 11.2. The monoisotopic (exact) mass is 421 g/mol. The van der Waals surface area contributed by atoms with Crippen molar-refractivity contribution < 1.29 is 24.2 Å². The van der Waals surface area contributed by atoms with Gasteiger partial charge in [-0.3, -0.25) is 4.79 Å². The molecule has 0 saturated heterocycles. The predicted molar refractivity (Wildman–Crippen MR) is 114 cm³/mol. The molecule has 0 unspecified atom stereocenters. The molecule has 6 heteroatoms. The van der Waals surface area contributed by atoms with Crippen molar-refractivity contribution in [3.63, 3.8) is 0 Å². The molecule has 1 amide bonds. The van der Waals surface area contributed by atoms with Crippen LogP contribution in [0.15, 0.2) is 41.0 Å². The lowest BCUT2D eigenvalue weighted by atomic mass is 9.45. The minimum Gasteiger partial charge on any atom is -0.504 e. The zero-order valence-corrected chi connectivity index (χ0v) is 17.6. The smallest absolute Gasteiger partial charge is 0.246 e. The Balaban J connectivity index is 1.41. The largest absolute Gasteiger partial charge is 0.504 e. The van der Waals surface area contributed by atoms with E-state index in [-0.39, 0.29) is 29.7 Å². The van der Waals surface area contributed by atoms with Crippen LogP contribution in [-0.2, 0) is 16.6 Å². The van der Waals surface area contributed by atoms with Crippen molar-refractivity contribution in [3.05, 3.63) is 53.5 Å². The van der Waals surface area contributed by atoms with Gasteiger partial charge in [0.25, 0.3) is 0 Å². The first kappa shape index (κ1) is 19.0. The standard InChI is InChI=1S/C25H27NO5/c1-26(20(28)9-7-17-5-3-13-30-17)18-10-12-25(29)16-4-2-11-24(25)21-15(14-16)6-8-19(27)22(21)31-23(18)24/h3,5-9,13,16,18,23,27,29H,2,4,10-12,14H2,1H3/b9-7+/t16-,18-,23+,24+,25-/m1/s1. The van der Waals surface area contributed by atoms with E-state index in [1.807, 2.05) is 6.07 Å². The zero-order chi connectivity index (χ0) is 21.4. The van der Waals surface area contributed by atoms with Gasteiger partial charge in [-0.05, 0) is 67.9 Å². The SMILES string of the molecule is CN(C(=O)/C=C/c1ccco1)[C@@H]1CC[C@@]2(O)[C@@H]3CCC[C@@]24c2c(ccc(O)c2O[C@@H]14)C3. The Morgan fingerprint density at radius 3 is 2.94 bits per heavy atom. The maximum absolute atomic E-state index is 13.0. The molecule has 1 spiro atoms. The van der Waals surface area contributed by atoms with Crippen LogP contribution in [0, 0.1) is 5.92 Å². The summed E-state index contributed by atoms with van der Waals surface area (Å²) in [4.78, 5) is 14.7. The first-order valence-corrected chi connectivity index (χ1v) is 11.2. The number of hydrogen-bond donors (Lipinski definition) is 2. The van der Waals surface area contributed by atoms with E-state index in [1.54, 1.807) is 42.5 Å². The Morgan fingerprint density at radius 2 is 2.13 bits per heavy atom. The van der Waals surface area contributed by atoms with Crippen LogP contribution in [0.1, 0.15) is 49.0 Å². The van der Waals surface area contributed by atoms with Crippen LogP contribution in [0.4, 0.5) is 0 Å². The van der Waals surface area contributed by atoms with E-state index in [0.717, 1.165) is 31.2 Å². The van der Waals surface area contributed by atoms with Crippen molar-refractivity contribution in [3.8, 4) is 11.5 Å². The maximum atomic E-state index is 13.0. The maximum Gasteiger partial charge on any atom is 0.246 e. The molecule has 1 aliphatic heterocycles. The number of phenolic OH excluding ortho intramolecular Hbond substituents is 1. The third kappa shape index (κ3) is 2.34. The second-order valence-corrected chi connectivity index (χ2v) is 9.58. The summed E-state index contributed by atoms with van der Waals surface area (Å²) in [5.41, 5.74) is 0.746. The van der Waals surface area contributed by atoms with E-state index in [0.29, 0.717) is 24.4 Å². The highest BCUT2D eigenvalue weighted by Crippen LogP contribution is 2.67. The fourth-order valence-electron chi connectivity index (χ4n) is 7.04. The van der Waals surface area contributed by atoms with Gasteiger partial charge < -0.3 is 24.3 Å². The Kier molecular flexibility index (Phi) is 3.91. The Labute approximate surface area is 181 Å². The third-order valence-corrected chi connectivity index (χ3v) is 8.39. The molecular formula is C25H27NO5. The van der Waals surface area contributed by atoms with Gasteiger partial charge in [0, 0.05) is 18.7 Å². The quantitative estimate of drug-likeness (QED) is 0.743. The molecule has 4 aliphatic rings. The molecule has 0 radical (unpaired) electrons. The molecule has 31 heavy (non-hydrogen) atoms. The van der Waals surface area contributed by atoms with Gasteiger partial charge in [-0.2, -0.15) is 0 Å². The second kappa shape index (κ2) is 6.39. The number of rotatable bonds is 3. The lowest BCUT2D eigenvalue weighted by Crippen LogP contribution is -2.72. The Morgan fingerprint density at radius 1 is 1.26 bits per heavy atom. The van der Waals surface area contributed by atoms with Crippen LogP contribution in [0.25, 0.3) is 6.08 Å². The topological polar surface area (TPSA) is 83.1 Å². The van der Waals surface area contributed by atoms with Gasteiger partial charge >= 0.3 is 0 Å². The van der Waals surface area contributed by atoms with Crippen molar-refractivity contribution in [2.24, 2.45) is 5.92 Å². The number of phenols is 1. The van der Waals surface area contributed by atoms with Gasteiger partial charge in [0.2, 0.25) is 5.91 Å². The number of aromatic hydroxyl groups is 1. The number of amides is 1. The Hall–Kier alpha value is -2.73. The molecule has 6 nitrogen and oxygen atoms in total. The van der Waals surface area contributed by atoms with Crippen molar-refractivity contribution >= 4 is 12.0 Å². The number of likely N-dealkylation sites (N-methyl/N-ethyl adjacent to an activating group) is 1. The van der Waals surface area contributed by atoms with Crippen LogP contribution < -0.4 is 4.74 Å². The average Bonchev–Trinajstić information content (AvgIpc) is 3.38. The second-order valence-electron chi connectivity index (χ2n) is 9.58. The number of ether oxygens (including phenoxy) is 1. The highest BCUT2D eigenvalue weighted by Gasteiger charge is 2.72. The van der Waals surface area contributed by atoms with Gasteiger partial charge in [-0.15, -0.1) is 0 Å². The summed E-state index contributed by atoms with van der Waals surface area (Å²) in [5, 5.41) is 22.7. The van der Waals surface area contributed by atoms with E-state index >= 15 is 0 Å². The molecule has 6 rings (SSSR count). The Bertz CT molecular complexity index is 1080. The van der Waals surface area contributed by atoms with Crippen LogP contribution >= 0.6 is 0 Å². The number of nitrogens with zero attached hydrogens (tertiary/aromatic N) is 1. The normalized spacial score (nSPS) is 35.0. The molecule has 2 saturated carbocycles. The van der Waals surface area contributed by atoms with Crippen LogP contribution in [0.3, 0.4) is 0 Å². The van der Waals surface area contributed by atoms with E-state index in [1.165, 1.54) is 11.6 Å². The third-order valence-electron chi connectivity index (χ3n) is 8.39. The molecule has 2 bridgehead atoms. The van der Waals surface area contributed by atoms with Crippen molar-refractivity contribution in [1.29, 1.82) is 0 Å². The lowest BCUT2D eigenvalue weighted by Gasteiger charge is -2.62. The number of hydrogen-bond acceptors (Lipinski definition) is 5. The van der Waals surface area contributed by atoms with Crippen LogP contribution in [0.2, 0.25) is 0 Å². The molecule has 2 N–H and O–H groups in total. The molecule has 3 aliphatic carbocycles. The molecule has 5 atom stereocenters. The summed E-state index contributed by atoms with van der Waals surface area (Å²) in [6.45, 7) is 0. The predicted octanol–water partition coefficient (Wildman–Crippen LogP) is 3.41. The van der Waals surface area contributed by atoms with Crippen LogP contribution in [-0.4, -0.2) is 45.8 Å².